The molecule has 0 aliphatic heterocycles. The molecule has 1 aromatic carbocycles. The Morgan fingerprint density at radius 1 is 1.22 bits per heavy atom. The maximum Gasteiger partial charge on any atom is 0.223 e. The predicted octanol–water partition coefficient (Wildman–Crippen LogP) is 3.13. The van der Waals surface area contributed by atoms with Crippen LogP contribution >= 0.6 is 0 Å². The second-order valence-corrected chi connectivity index (χ2v) is 5.93. The molecular formula is C18H28N2O3. The molecule has 2 amide bonds. The highest BCUT2D eigenvalue weighted by molar-refractivity contribution is 5.93. The number of anilines is 1. The van der Waals surface area contributed by atoms with Crippen molar-refractivity contribution < 1.29 is 14.3 Å². The molecule has 0 aliphatic carbocycles. The SMILES string of the molecule is CCC(C)NC(=O)CCN(C(C)=O)c1ccccc1OC(C)C. The molecule has 23 heavy (non-hydrogen) atoms. The van der Waals surface area contributed by atoms with Gasteiger partial charge in [0.05, 0.1) is 11.8 Å². The highest BCUT2D eigenvalue weighted by Crippen LogP contribution is 2.29. The molecule has 0 heterocycles. The van der Waals surface area contributed by atoms with Crippen molar-refractivity contribution in [2.75, 3.05) is 11.4 Å². The van der Waals surface area contributed by atoms with E-state index in [2.05, 4.69) is 5.32 Å². The normalized spacial score (nSPS) is 11.9. The average Bonchev–Trinajstić information content (AvgIpc) is 2.48. The summed E-state index contributed by atoms with van der Waals surface area (Å²) >= 11 is 0. The standard InChI is InChI=1S/C18H28N2O3/c1-6-14(4)19-18(22)11-12-20(15(5)21)16-9-7-8-10-17(16)23-13(2)3/h7-10,13-14H,6,11-12H2,1-5H3,(H,19,22). The van der Waals surface area contributed by atoms with Crippen LogP contribution in [0, 0.1) is 0 Å². The third kappa shape index (κ3) is 6.30. The van der Waals surface area contributed by atoms with Gasteiger partial charge in [0.25, 0.3) is 0 Å². The number of ether oxygens (including phenoxy) is 1. The van der Waals surface area contributed by atoms with Gasteiger partial charge in [0.15, 0.2) is 0 Å². The molecule has 5 heteroatoms. The van der Waals surface area contributed by atoms with Gasteiger partial charge in [-0.05, 0) is 39.3 Å². The molecule has 1 rings (SSSR count). The molecule has 128 valence electrons. The van der Waals surface area contributed by atoms with E-state index in [1.807, 2.05) is 52.0 Å². The van der Waals surface area contributed by atoms with Gasteiger partial charge < -0.3 is 15.0 Å². The molecule has 0 saturated heterocycles. The minimum absolute atomic E-state index is 0.0126. The Labute approximate surface area is 139 Å². The first kappa shape index (κ1) is 19.0. The molecular weight excluding hydrogens is 292 g/mol. The summed E-state index contributed by atoms with van der Waals surface area (Å²) in [6.45, 7) is 9.69. The maximum absolute atomic E-state index is 12.0. The molecule has 0 aliphatic rings. The molecule has 0 fully saturated rings. The minimum Gasteiger partial charge on any atom is -0.489 e. The lowest BCUT2D eigenvalue weighted by molar-refractivity contribution is -0.121. The zero-order valence-corrected chi connectivity index (χ0v) is 14.8. The molecule has 0 aromatic heterocycles. The highest BCUT2D eigenvalue weighted by atomic mass is 16.5. The first-order valence-corrected chi connectivity index (χ1v) is 8.18. The highest BCUT2D eigenvalue weighted by Gasteiger charge is 2.18. The number of para-hydroxylation sites is 2. The number of rotatable bonds is 8. The smallest absolute Gasteiger partial charge is 0.223 e. The second-order valence-electron chi connectivity index (χ2n) is 5.93. The van der Waals surface area contributed by atoms with Gasteiger partial charge in [-0.25, -0.2) is 0 Å². The number of carbonyl (C=O) groups excluding carboxylic acids is 2. The van der Waals surface area contributed by atoms with Gasteiger partial charge in [0.2, 0.25) is 11.8 Å². The Hall–Kier alpha value is -2.04. The summed E-state index contributed by atoms with van der Waals surface area (Å²) < 4.78 is 5.77. The van der Waals surface area contributed by atoms with Crippen LogP contribution in [-0.4, -0.2) is 30.5 Å². The number of benzene rings is 1. The zero-order valence-electron chi connectivity index (χ0n) is 14.8. The Kier molecular flexibility index (Phi) is 7.59. The van der Waals surface area contributed by atoms with Crippen molar-refractivity contribution >= 4 is 17.5 Å². The molecule has 1 atom stereocenters. The fraction of sp³-hybridized carbons (Fsp3) is 0.556. The van der Waals surface area contributed by atoms with E-state index < -0.39 is 0 Å². The fourth-order valence-corrected chi connectivity index (χ4v) is 2.14. The number of amides is 2. The van der Waals surface area contributed by atoms with Crippen LogP contribution < -0.4 is 15.0 Å². The molecule has 0 saturated carbocycles. The summed E-state index contributed by atoms with van der Waals surface area (Å²) in [6, 6.07) is 7.55. The molecule has 1 N–H and O–H groups in total. The van der Waals surface area contributed by atoms with Gasteiger partial charge in [-0.3, -0.25) is 9.59 Å². The van der Waals surface area contributed by atoms with Gasteiger partial charge in [-0.2, -0.15) is 0 Å². The third-order valence-electron chi connectivity index (χ3n) is 3.48. The second kappa shape index (κ2) is 9.18. The van der Waals surface area contributed by atoms with Crippen molar-refractivity contribution in [3.8, 4) is 5.75 Å². The van der Waals surface area contributed by atoms with Crippen LogP contribution in [0.4, 0.5) is 5.69 Å². The van der Waals surface area contributed by atoms with Gasteiger partial charge in [0, 0.05) is 25.9 Å². The van der Waals surface area contributed by atoms with E-state index in [9.17, 15) is 9.59 Å². The zero-order chi connectivity index (χ0) is 17.4. The van der Waals surface area contributed by atoms with E-state index >= 15 is 0 Å². The van der Waals surface area contributed by atoms with E-state index in [1.54, 1.807) is 4.90 Å². The molecule has 1 aromatic rings. The summed E-state index contributed by atoms with van der Waals surface area (Å²) in [5.41, 5.74) is 0.699. The van der Waals surface area contributed by atoms with Crippen molar-refractivity contribution in [2.24, 2.45) is 0 Å². The van der Waals surface area contributed by atoms with E-state index in [1.165, 1.54) is 6.92 Å². The van der Waals surface area contributed by atoms with Crippen molar-refractivity contribution in [1.82, 2.24) is 5.32 Å². The molecule has 0 spiro atoms. The number of hydrogen-bond donors (Lipinski definition) is 1. The number of carbonyl (C=O) groups is 2. The van der Waals surface area contributed by atoms with Crippen LogP contribution in [0.5, 0.6) is 5.75 Å². The first-order chi connectivity index (χ1) is 10.8. The summed E-state index contributed by atoms with van der Waals surface area (Å²) in [4.78, 5) is 25.6. The van der Waals surface area contributed by atoms with Crippen LogP contribution in [-0.2, 0) is 9.59 Å². The molecule has 0 radical (unpaired) electrons. The third-order valence-corrected chi connectivity index (χ3v) is 3.48. The van der Waals surface area contributed by atoms with Gasteiger partial charge in [0.1, 0.15) is 5.75 Å². The van der Waals surface area contributed by atoms with Crippen LogP contribution in [0.25, 0.3) is 0 Å². The van der Waals surface area contributed by atoms with E-state index in [0.717, 1.165) is 6.42 Å². The van der Waals surface area contributed by atoms with Crippen molar-refractivity contribution in [3.05, 3.63) is 24.3 Å². The van der Waals surface area contributed by atoms with E-state index in [0.29, 0.717) is 18.0 Å². The van der Waals surface area contributed by atoms with Crippen LogP contribution in [0.2, 0.25) is 0 Å². The summed E-state index contributed by atoms with van der Waals surface area (Å²) in [5, 5.41) is 2.91. The lowest BCUT2D eigenvalue weighted by Gasteiger charge is -2.24. The van der Waals surface area contributed by atoms with Gasteiger partial charge in [-0.1, -0.05) is 19.1 Å². The monoisotopic (exact) mass is 320 g/mol. The Bertz CT molecular complexity index is 529. The Balaban J connectivity index is 2.83. The van der Waals surface area contributed by atoms with Crippen LogP contribution in [0.1, 0.15) is 47.5 Å². The van der Waals surface area contributed by atoms with Crippen LogP contribution in [0.3, 0.4) is 0 Å². The number of nitrogens with zero attached hydrogens (tertiary/aromatic N) is 1. The van der Waals surface area contributed by atoms with Gasteiger partial charge >= 0.3 is 0 Å². The lowest BCUT2D eigenvalue weighted by Crippen LogP contribution is -2.37. The summed E-state index contributed by atoms with van der Waals surface area (Å²) in [7, 11) is 0. The summed E-state index contributed by atoms with van der Waals surface area (Å²) in [5.74, 6) is 0.494. The van der Waals surface area contributed by atoms with Crippen molar-refractivity contribution in [1.29, 1.82) is 0 Å². The van der Waals surface area contributed by atoms with E-state index in [4.69, 9.17) is 4.74 Å². The number of nitrogens with one attached hydrogen (secondary N) is 1. The lowest BCUT2D eigenvalue weighted by atomic mass is 10.2. The predicted molar refractivity (Wildman–Crippen MR) is 92.7 cm³/mol. The topological polar surface area (TPSA) is 58.6 Å². The number of hydrogen-bond acceptors (Lipinski definition) is 3. The fourth-order valence-electron chi connectivity index (χ4n) is 2.14. The molecule has 0 bridgehead atoms. The van der Waals surface area contributed by atoms with Crippen molar-refractivity contribution in [2.45, 2.75) is 59.6 Å². The van der Waals surface area contributed by atoms with Crippen LogP contribution in [0.15, 0.2) is 24.3 Å². The molecule has 5 nitrogen and oxygen atoms in total. The van der Waals surface area contributed by atoms with Gasteiger partial charge in [-0.15, -0.1) is 0 Å². The van der Waals surface area contributed by atoms with Crippen molar-refractivity contribution in [3.63, 3.8) is 0 Å². The Morgan fingerprint density at radius 2 is 1.87 bits per heavy atom. The minimum atomic E-state index is -0.110. The largest absolute Gasteiger partial charge is 0.489 e. The summed E-state index contributed by atoms with van der Waals surface area (Å²) in [6.07, 6.45) is 1.16. The average molecular weight is 320 g/mol. The Morgan fingerprint density at radius 3 is 2.43 bits per heavy atom. The quantitative estimate of drug-likeness (QED) is 0.800. The first-order valence-electron chi connectivity index (χ1n) is 8.18. The van der Waals surface area contributed by atoms with E-state index in [-0.39, 0.29) is 30.4 Å². The molecule has 1 unspecified atom stereocenters. The maximum atomic E-state index is 12.0.